The lowest BCUT2D eigenvalue weighted by Crippen LogP contribution is -2.44. The van der Waals surface area contributed by atoms with Crippen LogP contribution in [0, 0.1) is 5.41 Å². The minimum absolute atomic E-state index is 0.0139. The Bertz CT molecular complexity index is 289. The normalized spacial score (nSPS) is 18.9. The fraction of sp³-hybridized carbons (Fsp3) is 0.818. The number of aliphatic carboxylic acids is 1. The van der Waals surface area contributed by atoms with Gasteiger partial charge in [-0.1, -0.05) is 13.3 Å². The Kier molecular flexibility index (Phi) is 4.74. The lowest BCUT2D eigenvalue weighted by molar-refractivity contribution is -0.146. The van der Waals surface area contributed by atoms with E-state index in [1.807, 2.05) is 0 Å². The van der Waals surface area contributed by atoms with Crippen LogP contribution >= 0.6 is 0 Å². The number of rotatable bonds is 6. The smallest absolute Gasteiger partial charge is 0.332 e. The summed E-state index contributed by atoms with van der Waals surface area (Å²) in [5.74, 6) is -1.27. The molecule has 98 valence electrons. The van der Waals surface area contributed by atoms with Crippen LogP contribution in [-0.4, -0.2) is 41.4 Å². The second-order valence-electron chi connectivity index (χ2n) is 4.92. The highest BCUT2D eigenvalue weighted by Gasteiger charge is 2.31. The number of amides is 2. The van der Waals surface area contributed by atoms with Crippen molar-refractivity contribution >= 4 is 12.0 Å². The van der Waals surface area contributed by atoms with Gasteiger partial charge in [-0.15, -0.1) is 0 Å². The molecule has 0 radical (unpaired) electrons. The summed E-state index contributed by atoms with van der Waals surface area (Å²) in [6, 6.07) is -0.310. The van der Waals surface area contributed by atoms with Crippen molar-refractivity contribution in [2.75, 3.05) is 13.1 Å². The monoisotopic (exact) mass is 244 g/mol. The van der Waals surface area contributed by atoms with Crippen molar-refractivity contribution in [3.63, 3.8) is 0 Å². The maximum atomic E-state index is 11.3. The number of carboxylic acid groups (broad SMARTS) is 1. The molecule has 0 saturated heterocycles. The highest BCUT2D eigenvalue weighted by Crippen LogP contribution is 2.39. The predicted octanol–water partition coefficient (Wildman–Crippen LogP) is 0.311. The fourth-order valence-electron chi connectivity index (χ4n) is 1.76. The second kappa shape index (κ2) is 5.86. The van der Waals surface area contributed by atoms with Crippen molar-refractivity contribution in [2.24, 2.45) is 5.41 Å². The molecule has 1 atom stereocenters. The first kappa shape index (κ1) is 13.8. The average molecular weight is 244 g/mol. The molecule has 0 bridgehead atoms. The zero-order valence-corrected chi connectivity index (χ0v) is 10.0. The molecule has 1 aliphatic carbocycles. The van der Waals surface area contributed by atoms with E-state index < -0.39 is 12.1 Å². The molecule has 0 aromatic rings. The van der Waals surface area contributed by atoms with Crippen molar-refractivity contribution < 1.29 is 19.8 Å². The molecule has 0 heterocycles. The van der Waals surface area contributed by atoms with Gasteiger partial charge in [-0.25, -0.2) is 9.59 Å². The van der Waals surface area contributed by atoms with E-state index in [9.17, 15) is 9.59 Å². The topological polar surface area (TPSA) is 98.7 Å². The van der Waals surface area contributed by atoms with Crippen molar-refractivity contribution in [3.8, 4) is 0 Å². The Hall–Kier alpha value is -1.30. The third kappa shape index (κ3) is 4.60. The number of aliphatic hydroxyl groups is 1. The van der Waals surface area contributed by atoms with Gasteiger partial charge in [0.1, 0.15) is 0 Å². The summed E-state index contributed by atoms with van der Waals surface area (Å²) in [4.78, 5) is 21.6. The Morgan fingerprint density at radius 2 is 2.00 bits per heavy atom. The minimum Gasteiger partial charge on any atom is -0.479 e. The van der Waals surface area contributed by atoms with E-state index in [4.69, 9.17) is 10.2 Å². The molecule has 0 aromatic heterocycles. The number of nitrogens with one attached hydrogen (secondary N) is 2. The molecular formula is C11H20N2O4. The number of carbonyl (C=O) groups excluding carboxylic acids is 1. The van der Waals surface area contributed by atoms with Crippen molar-refractivity contribution in [1.29, 1.82) is 0 Å². The van der Waals surface area contributed by atoms with Crippen LogP contribution in [0.5, 0.6) is 0 Å². The number of carbonyl (C=O) groups is 2. The van der Waals surface area contributed by atoms with E-state index in [1.54, 1.807) is 0 Å². The quantitative estimate of drug-likeness (QED) is 0.540. The Labute approximate surface area is 100 Å². The molecule has 1 saturated carbocycles. The summed E-state index contributed by atoms with van der Waals surface area (Å²) in [6.45, 7) is 2.92. The van der Waals surface area contributed by atoms with Crippen LogP contribution in [0.2, 0.25) is 0 Å². The van der Waals surface area contributed by atoms with Crippen molar-refractivity contribution in [3.05, 3.63) is 0 Å². The minimum atomic E-state index is -1.42. The highest BCUT2D eigenvalue weighted by molar-refractivity contribution is 5.74. The lowest BCUT2D eigenvalue weighted by atomic mass is 9.70. The maximum Gasteiger partial charge on any atom is 0.332 e. The number of aliphatic hydroxyl groups excluding tert-OH is 1. The van der Waals surface area contributed by atoms with Crippen LogP contribution in [0.4, 0.5) is 4.79 Å². The summed E-state index contributed by atoms with van der Waals surface area (Å²) in [6.07, 6.45) is 2.07. The Balaban J connectivity index is 2.07. The summed E-state index contributed by atoms with van der Waals surface area (Å²) >= 11 is 0. The van der Waals surface area contributed by atoms with Crippen molar-refractivity contribution in [2.45, 2.75) is 38.7 Å². The molecule has 1 fully saturated rings. The summed E-state index contributed by atoms with van der Waals surface area (Å²) in [5, 5.41) is 22.7. The molecule has 2 amide bonds. The lowest BCUT2D eigenvalue weighted by Gasteiger charge is -2.38. The van der Waals surface area contributed by atoms with E-state index in [0.29, 0.717) is 6.54 Å². The standard InChI is InChI=1S/C11H20N2O4/c1-11(4-2-5-11)7-13-10(17)12-6-3-8(14)9(15)16/h8,14H,2-7H2,1H3,(H,15,16)(H2,12,13,17)/t8-/m0/s1. The fourth-order valence-corrected chi connectivity index (χ4v) is 1.76. The predicted molar refractivity (Wildman–Crippen MR) is 61.6 cm³/mol. The van der Waals surface area contributed by atoms with Crippen molar-refractivity contribution in [1.82, 2.24) is 10.6 Å². The third-order valence-corrected chi connectivity index (χ3v) is 3.22. The Morgan fingerprint density at radius 1 is 1.35 bits per heavy atom. The first-order chi connectivity index (χ1) is 7.93. The van der Waals surface area contributed by atoms with E-state index in [-0.39, 0.29) is 24.4 Å². The van der Waals surface area contributed by atoms with Crippen LogP contribution < -0.4 is 10.6 Å². The van der Waals surface area contributed by atoms with E-state index in [0.717, 1.165) is 12.8 Å². The number of hydrogen-bond donors (Lipinski definition) is 4. The van der Waals surface area contributed by atoms with Gasteiger partial charge in [0.25, 0.3) is 0 Å². The van der Waals surface area contributed by atoms with Gasteiger partial charge in [0.05, 0.1) is 0 Å². The van der Waals surface area contributed by atoms with E-state index in [2.05, 4.69) is 17.6 Å². The maximum absolute atomic E-state index is 11.3. The first-order valence-corrected chi connectivity index (χ1v) is 5.85. The molecule has 0 unspecified atom stereocenters. The van der Waals surface area contributed by atoms with Gasteiger partial charge in [0, 0.05) is 19.5 Å². The molecule has 0 spiro atoms. The van der Waals surface area contributed by atoms with Gasteiger partial charge < -0.3 is 20.8 Å². The summed E-state index contributed by atoms with van der Waals surface area (Å²) in [7, 11) is 0. The van der Waals surface area contributed by atoms with Gasteiger partial charge in [-0.3, -0.25) is 0 Å². The average Bonchev–Trinajstić information content (AvgIpc) is 2.23. The third-order valence-electron chi connectivity index (χ3n) is 3.22. The summed E-state index contributed by atoms with van der Waals surface area (Å²) < 4.78 is 0. The number of hydrogen-bond acceptors (Lipinski definition) is 3. The summed E-state index contributed by atoms with van der Waals surface area (Å²) in [5.41, 5.74) is 0.220. The zero-order valence-electron chi connectivity index (χ0n) is 10.0. The van der Waals surface area contributed by atoms with Crippen LogP contribution in [0.1, 0.15) is 32.6 Å². The van der Waals surface area contributed by atoms with Gasteiger partial charge >= 0.3 is 12.0 Å². The van der Waals surface area contributed by atoms with Gasteiger partial charge in [0.2, 0.25) is 0 Å². The second-order valence-corrected chi connectivity index (χ2v) is 4.92. The SMILES string of the molecule is CC1(CNC(=O)NCC[C@H](O)C(=O)O)CCC1. The van der Waals surface area contributed by atoms with Gasteiger partial charge in [0.15, 0.2) is 6.10 Å². The molecule has 17 heavy (non-hydrogen) atoms. The molecule has 0 aromatic carbocycles. The molecule has 6 nitrogen and oxygen atoms in total. The van der Waals surface area contributed by atoms with Crippen LogP contribution in [0.15, 0.2) is 0 Å². The highest BCUT2D eigenvalue weighted by atomic mass is 16.4. The molecule has 1 rings (SSSR count). The van der Waals surface area contributed by atoms with Crippen LogP contribution in [0.25, 0.3) is 0 Å². The Morgan fingerprint density at radius 3 is 2.47 bits per heavy atom. The van der Waals surface area contributed by atoms with Gasteiger partial charge in [-0.05, 0) is 18.3 Å². The van der Waals surface area contributed by atoms with E-state index >= 15 is 0 Å². The number of carboxylic acids is 1. The van der Waals surface area contributed by atoms with Crippen LogP contribution in [-0.2, 0) is 4.79 Å². The van der Waals surface area contributed by atoms with Gasteiger partial charge in [-0.2, -0.15) is 0 Å². The largest absolute Gasteiger partial charge is 0.479 e. The number of urea groups is 1. The molecule has 0 aliphatic heterocycles. The van der Waals surface area contributed by atoms with Crippen LogP contribution in [0.3, 0.4) is 0 Å². The molecule has 1 aliphatic rings. The molecular weight excluding hydrogens is 224 g/mol. The zero-order chi connectivity index (χ0) is 12.9. The first-order valence-electron chi connectivity index (χ1n) is 5.85. The molecule has 6 heteroatoms. The van der Waals surface area contributed by atoms with E-state index in [1.165, 1.54) is 6.42 Å². The molecule has 4 N–H and O–H groups in total.